The van der Waals surface area contributed by atoms with Crippen LogP contribution in [-0.2, 0) is 6.18 Å². The minimum atomic E-state index is -4.49. The Bertz CT molecular complexity index is 2760. The average Bonchev–Trinajstić information content (AvgIpc) is 3.46. The first-order valence-corrected chi connectivity index (χ1v) is 15.7. The number of fused-ring (bicyclic) bond motifs is 6. The van der Waals surface area contributed by atoms with Gasteiger partial charge >= 0.3 is 6.18 Å². The van der Waals surface area contributed by atoms with E-state index in [9.17, 15) is 13.2 Å². The highest BCUT2D eigenvalue weighted by molar-refractivity contribution is 6.24. The number of aromatic nitrogens is 3. The van der Waals surface area contributed by atoms with E-state index in [2.05, 4.69) is 94.8 Å². The molecular formula is C42H23F3N4. The van der Waals surface area contributed by atoms with Gasteiger partial charge < -0.3 is 0 Å². The van der Waals surface area contributed by atoms with E-state index in [0.29, 0.717) is 11.5 Å². The lowest BCUT2D eigenvalue weighted by Gasteiger charge is -2.18. The smallest absolute Gasteiger partial charge is 0.294 e. The summed E-state index contributed by atoms with van der Waals surface area (Å²) in [6, 6.07) is 41.2. The number of pyridine rings is 2. The van der Waals surface area contributed by atoms with Gasteiger partial charge in [0.15, 0.2) is 5.69 Å². The number of benzene rings is 6. The summed E-state index contributed by atoms with van der Waals surface area (Å²) in [4.78, 5) is 12.7. The summed E-state index contributed by atoms with van der Waals surface area (Å²) in [5.74, 6) is 0.361. The lowest BCUT2D eigenvalue weighted by molar-refractivity contribution is -0.137. The van der Waals surface area contributed by atoms with Crippen LogP contribution in [0.2, 0.25) is 0 Å². The van der Waals surface area contributed by atoms with Crippen LogP contribution in [0.15, 0.2) is 140 Å². The van der Waals surface area contributed by atoms with Gasteiger partial charge in [0.05, 0.1) is 28.7 Å². The standard InChI is InChI=1S/C42H23F3N4/c1-46-28-17-19-37-35(23-28)34-22-26(15-18-36(34)49(37)38-20-16-27(24-48-38)42(43,44)45)39-29-10-2-4-12-31(29)40(32-13-5-3-11-30(32)39)33-14-6-8-25-9-7-21-47-41(25)33/h2-24H. The molecule has 3 aromatic heterocycles. The van der Waals surface area contributed by atoms with Gasteiger partial charge in [-0.15, -0.1) is 0 Å². The fourth-order valence-electron chi connectivity index (χ4n) is 7.20. The molecule has 9 rings (SSSR count). The predicted molar refractivity (Wildman–Crippen MR) is 191 cm³/mol. The predicted octanol–water partition coefficient (Wildman–Crippen LogP) is 11.9. The molecule has 0 N–H and O–H groups in total. The van der Waals surface area contributed by atoms with Crippen molar-refractivity contribution >= 4 is 59.9 Å². The molecule has 0 aliphatic rings. The summed E-state index contributed by atoms with van der Waals surface area (Å²) in [5.41, 5.74) is 6.36. The van der Waals surface area contributed by atoms with Crippen molar-refractivity contribution in [2.75, 3.05) is 0 Å². The third kappa shape index (κ3) is 4.45. The molecule has 0 saturated carbocycles. The van der Waals surface area contributed by atoms with Crippen molar-refractivity contribution in [3.63, 3.8) is 0 Å². The number of alkyl halides is 3. The first-order chi connectivity index (χ1) is 23.9. The van der Waals surface area contributed by atoms with Gasteiger partial charge in [-0.05, 0) is 86.1 Å². The fourth-order valence-corrected chi connectivity index (χ4v) is 7.20. The van der Waals surface area contributed by atoms with Gasteiger partial charge in [0.25, 0.3) is 0 Å². The molecule has 232 valence electrons. The molecular weight excluding hydrogens is 617 g/mol. The van der Waals surface area contributed by atoms with E-state index in [1.165, 1.54) is 6.07 Å². The van der Waals surface area contributed by atoms with Crippen LogP contribution < -0.4 is 0 Å². The quantitative estimate of drug-likeness (QED) is 0.142. The van der Waals surface area contributed by atoms with Crippen molar-refractivity contribution in [3.8, 4) is 28.1 Å². The zero-order valence-electron chi connectivity index (χ0n) is 25.7. The first-order valence-electron chi connectivity index (χ1n) is 15.7. The minimum Gasteiger partial charge on any atom is -0.294 e. The molecule has 0 atom stereocenters. The number of para-hydroxylation sites is 1. The molecule has 0 radical (unpaired) electrons. The molecule has 49 heavy (non-hydrogen) atoms. The van der Waals surface area contributed by atoms with Crippen molar-refractivity contribution < 1.29 is 13.2 Å². The van der Waals surface area contributed by atoms with E-state index < -0.39 is 11.7 Å². The van der Waals surface area contributed by atoms with Gasteiger partial charge in [-0.2, -0.15) is 13.2 Å². The van der Waals surface area contributed by atoms with E-state index in [1.807, 2.05) is 35.0 Å². The van der Waals surface area contributed by atoms with Gasteiger partial charge in [0.1, 0.15) is 5.82 Å². The fraction of sp³-hybridized carbons (Fsp3) is 0.0238. The van der Waals surface area contributed by atoms with E-state index in [1.54, 1.807) is 6.07 Å². The molecule has 7 heteroatoms. The van der Waals surface area contributed by atoms with Crippen LogP contribution in [0.25, 0.3) is 87.2 Å². The van der Waals surface area contributed by atoms with Crippen LogP contribution in [0.1, 0.15) is 5.56 Å². The van der Waals surface area contributed by atoms with Crippen LogP contribution in [-0.4, -0.2) is 14.5 Å². The minimum absolute atomic E-state index is 0.361. The maximum absolute atomic E-state index is 13.4. The third-order valence-electron chi connectivity index (χ3n) is 9.30. The highest BCUT2D eigenvalue weighted by Gasteiger charge is 2.31. The Morgan fingerprint density at radius 3 is 1.90 bits per heavy atom. The molecule has 0 unspecified atom stereocenters. The Kier molecular flexibility index (Phi) is 6.30. The van der Waals surface area contributed by atoms with Crippen molar-refractivity contribution in [3.05, 3.63) is 157 Å². The van der Waals surface area contributed by atoms with Crippen LogP contribution in [0.5, 0.6) is 0 Å². The molecule has 3 heterocycles. The molecule has 0 spiro atoms. The summed E-state index contributed by atoms with van der Waals surface area (Å²) < 4.78 is 42.0. The monoisotopic (exact) mass is 640 g/mol. The molecule has 4 nitrogen and oxygen atoms in total. The molecule has 9 aromatic rings. The van der Waals surface area contributed by atoms with E-state index in [-0.39, 0.29) is 0 Å². The van der Waals surface area contributed by atoms with Crippen molar-refractivity contribution in [1.82, 2.24) is 14.5 Å². The molecule has 0 amide bonds. The first kappa shape index (κ1) is 28.7. The van der Waals surface area contributed by atoms with E-state index >= 15 is 0 Å². The van der Waals surface area contributed by atoms with E-state index in [0.717, 1.165) is 88.8 Å². The second kappa shape index (κ2) is 10.8. The van der Waals surface area contributed by atoms with Gasteiger partial charge in [-0.3, -0.25) is 9.55 Å². The summed E-state index contributed by atoms with van der Waals surface area (Å²) in [7, 11) is 0. The number of halogens is 3. The Morgan fingerprint density at radius 1 is 0.592 bits per heavy atom. The molecule has 0 aliphatic carbocycles. The summed E-state index contributed by atoms with van der Waals surface area (Å²) >= 11 is 0. The largest absolute Gasteiger partial charge is 0.417 e. The Hall–Kier alpha value is -6.52. The highest BCUT2D eigenvalue weighted by Crippen LogP contribution is 2.46. The lowest BCUT2D eigenvalue weighted by Crippen LogP contribution is -2.06. The van der Waals surface area contributed by atoms with Gasteiger partial charge in [0, 0.05) is 28.7 Å². The second-order valence-corrected chi connectivity index (χ2v) is 12.0. The summed E-state index contributed by atoms with van der Waals surface area (Å²) in [6.07, 6.45) is -1.80. The SMILES string of the molecule is [C-]#[N+]c1ccc2c(c1)c1cc(-c3c4ccccc4c(-c4cccc5cccnc45)c4ccccc34)ccc1n2-c1ccc(C(F)(F)F)cn1. The highest BCUT2D eigenvalue weighted by atomic mass is 19.4. The molecule has 6 aromatic carbocycles. The molecule has 0 saturated heterocycles. The van der Waals surface area contributed by atoms with Crippen molar-refractivity contribution in [2.45, 2.75) is 6.18 Å². The normalized spacial score (nSPS) is 12.0. The Morgan fingerprint density at radius 2 is 1.24 bits per heavy atom. The van der Waals surface area contributed by atoms with Crippen LogP contribution in [0.3, 0.4) is 0 Å². The zero-order chi connectivity index (χ0) is 33.3. The topological polar surface area (TPSA) is 35.1 Å². The number of rotatable bonds is 3. The average molecular weight is 641 g/mol. The molecule has 0 aliphatic heterocycles. The van der Waals surface area contributed by atoms with Gasteiger partial charge in [0.2, 0.25) is 0 Å². The van der Waals surface area contributed by atoms with Crippen LogP contribution in [0.4, 0.5) is 18.9 Å². The maximum atomic E-state index is 13.4. The lowest BCUT2D eigenvalue weighted by atomic mass is 9.85. The number of hydrogen-bond acceptors (Lipinski definition) is 2. The summed E-state index contributed by atoms with van der Waals surface area (Å²) in [6.45, 7) is 7.67. The Labute approximate surface area is 278 Å². The molecule has 0 bridgehead atoms. The van der Waals surface area contributed by atoms with Gasteiger partial charge in [-0.1, -0.05) is 84.9 Å². The number of nitrogens with zero attached hydrogens (tertiary/aromatic N) is 4. The van der Waals surface area contributed by atoms with Gasteiger partial charge in [-0.25, -0.2) is 9.83 Å². The second-order valence-electron chi connectivity index (χ2n) is 12.0. The van der Waals surface area contributed by atoms with Crippen LogP contribution >= 0.6 is 0 Å². The zero-order valence-corrected chi connectivity index (χ0v) is 25.7. The maximum Gasteiger partial charge on any atom is 0.417 e. The van der Waals surface area contributed by atoms with Crippen molar-refractivity contribution in [2.24, 2.45) is 0 Å². The van der Waals surface area contributed by atoms with E-state index in [4.69, 9.17) is 11.6 Å². The number of hydrogen-bond donors (Lipinski definition) is 0. The molecule has 0 fully saturated rings. The summed E-state index contributed by atoms with van der Waals surface area (Å²) in [5, 5.41) is 7.12. The Balaban J connectivity index is 1.34. The third-order valence-corrected chi connectivity index (χ3v) is 9.30. The van der Waals surface area contributed by atoms with Crippen molar-refractivity contribution in [1.29, 1.82) is 0 Å². The van der Waals surface area contributed by atoms with Crippen LogP contribution in [0, 0.1) is 6.57 Å².